The molecule has 1 saturated heterocycles. The Bertz CT molecular complexity index is 572. The molecule has 0 radical (unpaired) electrons. The molecule has 0 aliphatic carbocycles. The number of aromatic carboxylic acids is 1. The number of para-hydroxylation sites is 1. The second-order valence-electron chi connectivity index (χ2n) is 4.39. The van der Waals surface area contributed by atoms with Gasteiger partial charge in [0.1, 0.15) is 17.3 Å². The fourth-order valence-corrected chi connectivity index (χ4v) is 2.13. The second-order valence-corrected chi connectivity index (χ2v) is 4.39. The summed E-state index contributed by atoms with van der Waals surface area (Å²) in [6, 6.07) is 3.37. The first-order valence-electron chi connectivity index (χ1n) is 6.05. The van der Waals surface area contributed by atoms with Gasteiger partial charge in [0.25, 0.3) is 0 Å². The summed E-state index contributed by atoms with van der Waals surface area (Å²) in [4.78, 5) is 33.0. The Kier molecular flexibility index (Phi) is 3.83. The summed E-state index contributed by atoms with van der Waals surface area (Å²) in [5.74, 6) is -1.63. The number of rotatable bonds is 4. The van der Waals surface area contributed by atoms with E-state index in [1.54, 1.807) is 0 Å². The van der Waals surface area contributed by atoms with Crippen molar-refractivity contribution in [3.8, 4) is 0 Å². The molecule has 106 valence electrons. The van der Waals surface area contributed by atoms with E-state index in [1.165, 1.54) is 12.1 Å². The molecule has 0 bridgehead atoms. The number of nitrogens with one attached hydrogen (secondary N) is 2. The number of hydrogen-bond donors (Lipinski definition) is 3. The summed E-state index contributed by atoms with van der Waals surface area (Å²) in [7, 11) is 0. The molecule has 1 aliphatic rings. The fourth-order valence-electron chi connectivity index (χ4n) is 2.13. The monoisotopic (exact) mass is 279 g/mol. The minimum absolute atomic E-state index is 0.0388. The van der Waals surface area contributed by atoms with Crippen molar-refractivity contribution in [3.05, 3.63) is 33.9 Å². The average molecular weight is 279 g/mol. The quantitative estimate of drug-likeness (QED) is 0.558. The molecule has 1 amide bonds. The van der Waals surface area contributed by atoms with Crippen molar-refractivity contribution in [1.82, 2.24) is 5.32 Å². The molecule has 0 spiro atoms. The van der Waals surface area contributed by atoms with Crippen molar-refractivity contribution in [1.29, 1.82) is 0 Å². The van der Waals surface area contributed by atoms with Gasteiger partial charge >= 0.3 is 11.7 Å². The smallest absolute Gasteiger partial charge is 0.342 e. The zero-order chi connectivity index (χ0) is 14.7. The number of hydrogen-bond acceptors (Lipinski definition) is 5. The van der Waals surface area contributed by atoms with Crippen LogP contribution in [0.1, 0.15) is 23.2 Å². The molecular formula is C12H13N3O5. The lowest BCUT2D eigenvalue weighted by Crippen LogP contribution is -2.44. The van der Waals surface area contributed by atoms with E-state index in [9.17, 15) is 19.7 Å². The van der Waals surface area contributed by atoms with E-state index in [0.717, 1.165) is 12.5 Å². The number of nitro groups is 1. The predicted molar refractivity (Wildman–Crippen MR) is 69.7 cm³/mol. The third-order valence-corrected chi connectivity index (χ3v) is 3.06. The van der Waals surface area contributed by atoms with E-state index in [1.807, 2.05) is 0 Å². The number of piperidine rings is 1. The summed E-state index contributed by atoms with van der Waals surface area (Å²) < 4.78 is 0. The van der Waals surface area contributed by atoms with Crippen LogP contribution in [0, 0.1) is 10.1 Å². The lowest BCUT2D eigenvalue weighted by molar-refractivity contribution is -0.384. The van der Waals surface area contributed by atoms with Gasteiger partial charge in [-0.05, 0) is 25.0 Å². The summed E-state index contributed by atoms with van der Waals surface area (Å²) in [5, 5.41) is 25.5. The predicted octanol–water partition coefficient (Wildman–Crippen LogP) is 0.983. The van der Waals surface area contributed by atoms with Crippen molar-refractivity contribution in [2.75, 3.05) is 11.9 Å². The first-order chi connectivity index (χ1) is 9.50. The molecule has 0 aromatic heterocycles. The van der Waals surface area contributed by atoms with Crippen LogP contribution >= 0.6 is 0 Å². The zero-order valence-corrected chi connectivity index (χ0v) is 10.5. The van der Waals surface area contributed by atoms with Crippen LogP contribution in [0.15, 0.2) is 18.2 Å². The van der Waals surface area contributed by atoms with Crippen LogP contribution in [0.3, 0.4) is 0 Å². The maximum atomic E-state index is 11.6. The highest BCUT2D eigenvalue weighted by Crippen LogP contribution is 2.29. The molecule has 1 fully saturated rings. The molecule has 0 saturated carbocycles. The van der Waals surface area contributed by atoms with Crippen molar-refractivity contribution in [2.24, 2.45) is 0 Å². The van der Waals surface area contributed by atoms with Gasteiger partial charge < -0.3 is 15.7 Å². The van der Waals surface area contributed by atoms with E-state index in [0.29, 0.717) is 13.0 Å². The number of carboxylic acids is 1. The van der Waals surface area contributed by atoms with E-state index >= 15 is 0 Å². The van der Waals surface area contributed by atoms with Crippen LogP contribution in [0.2, 0.25) is 0 Å². The Hall–Kier alpha value is -2.64. The maximum absolute atomic E-state index is 11.6. The van der Waals surface area contributed by atoms with Crippen molar-refractivity contribution < 1.29 is 19.6 Å². The third kappa shape index (κ3) is 2.68. The molecule has 8 heteroatoms. The van der Waals surface area contributed by atoms with E-state index in [2.05, 4.69) is 10.6 Å². The van der Waals surface area contributed by atoms with Gasteiger partial charge in [-0.3, -0.25) is 14.9 Å². The molecule has 2 rings (SSSR count). The average Bonchev–Trinajstić information content (AvgIpc) is 2.40. The minimum Gasteiger partial charge on any atom is -0.477 e. The van der Waals surface area contributed by atoms with Crippen LogP contribution < -0.4 is 10.6 Å². The van der Waals surface area contributed by atoms with Crippen LogP contribution in [0.4, 0.5) is 11.4 Å². The van der Waals surface area contributed by atoms with E-state index < -0.39 is 28.2 Å². The summed E-state index contributed by atoms with van der Waals surface area (Å²) in [5.41, 5.74) is -0.897. The van der Waals surface area contributed by atoms with Gasteiger partial charge in [0.2, 0.25) is 5.91 Å². The van der Waals surface area contributed by atoms with Gasteiger partial charge in [-0.1, -0.05) is 6.07 Å². The van der Waals surface area contributed by atoms with E-state index in [4.69, 9.17) is 5.11 Å². The maximum Gasteiger partial charge on any atom is 0.342 e. The van der Waals surface area contributed by atoms with Crippen LogP contribution in [-0.4, -0.2) is 34.5 Å². The van der Waals surface area contributed by atoms with Gasteiger partial charge in [0.05, 0.1) is 4.92 Å². The van der Waals surface area contributed by atoms with Crippen LogP contribution in [0.25, 0.3) is 0 Å². The lowest BCUT2D eigenvalue weighted by Gasteiger charge is -2.23. The fraction of sp³-hybridized carbons (Fsp3) is 0.333. The Balaban J connectivity index is 2.36. The Morgan fingerprint density at radius 2 is 2.25 bits per heavy atom. The third-order valence-electron chi connectivity index (χ3n) is 3.06. The number of nitrogens with zero attached hydrogens (tertiary/aromatic N) is 1. The first-order valence-corrected chi connectivity index (χ1v) is 6.05. The highest BCUT2D eigenvalue weighted by Gasteiger charge is 2.28. The SMILES string of the molecule is O=C(O)c1cccc(NC2CCCNC2=O)c1[N+](=O)[O-]. The standard InChI is InChI=1S/C12H13N3O5/c16-11-9(5-2-6-13-11)14-8-4-1-3-7(12(17)18)10(8)15(19)20/h1,3-4,9,14H,2,5-6H2,(H,13,16)(H,17,18). The molecule has 1 unspecified atom stereocenters. The number of benzene rings is 1. The molecule has 1 atom stereocenters. The highest BCUT2D eigenvalue weighted by molar-refractivity contribution is 5.96. The van der Waals surface area contributed by atoms with Gasteiger partial charge in [0, 0.05) is 6.54 Å². The number of carbonyl (C=O) groups is 2. The van der Waals surface area contributed by atoms with Crippen molar-refractivity contribution >= 4 is 23.3 Å². The second kappa shape index (κ2) is 5.55. The lowest BCUT2D eigenvalue weighted by atomic mass is 10.1. The Morgan fingerprint density at radius 3 is 2.85 bits per heavy atom. The van der Waals surface area contributed by atoms with Gasteiger partial charge in [-0.15, -0.1) is 0 Å². The number of carbonyl (C=O) groups excluding carboxylic acids is 1. The molecule has 20 heavy (non-hydrogen) atoms. The number of carboxylic acid groups (broad SMARTS) is 1. The van der Waals surface area contributed by atoms with Gasteiger partial charge in [0.15, 0.2) is 0 Å². The molecule has 1 aliphatic heterocycles. The Labute approximate surface area is 113 Å². The first kappa shape index (κ1) is 13.8. The van der Waals surface area contributed by atoms with Crippen LogP contribution in [0.5, 0.6) is 0 Å². The molecule has 1 aromatic rings. The number of anilines is 1. The Morgan fingerprint density at radius 1 is 1.50 bits per heavy atom. The molecule has 3 N–H and O–H groups in total. The summed E-state index contributed by atoms with van der Waals surface area (Å²) >= 11 is 0. The normalized spacial score (nSPS) is 18.2. The van der Waals surface area contributed by atoms with Gasteiger partial charge in [-0.25, -0.2) is 4.79 Å². The molecule has 8 nitrogen and oxygen atoms in total. The highest BCUT2D eigenvalue weighted by atomic mass is 16.6. The molecular weight excluding hydrogens is 266 g/mol. The summed E-state index contributed by atoms with van der Waals surface area (Å²) in [6.45, 7) is 0.578. The molecule has 1 heterocycles. The summed E-state index contributed by atoms with van der Waals surface area (Å²) in [6.07, 6.45) is 1.30. The number of amides is 1. The molecule has 1 aromatic carbocycles. The largest absolute Gasteiger partial charge is 0.477 e. The topological polar surface area (TPSA) is 122 Å². The van der Waals surface area contributed by atoms with E-state index in [-0.39, 0.29) is 11.6 Å². The van der Waals surface area contributed by atoms with Crippen molar-refractivity contribution in [2.45, 2.75) is 18.9 Å². The minimum atomic E-state index is -1.38. The van der Waals surface area contributed by atoms with Crippen LogP contribution in [-0.2, 0) is 4.79 Å². The van der Waals surface area contributed by atoms with Crippen molar-refractivity contribution in [3.63, 3.8) is 0 Å². The number of nitro benzene ring substituents is 1. The van der Waals surface area contributed by atoms with Gasteiger partial charge in [-0.2, -0.15) is 0 Å². The zero-order valence-electron chi connectivity index (χ0n) is 10.5.